The first kappa shape index (κ1) is 16.5. The Morgan fingerprint density at radius 2 is 2.27 bits per heavy atom. The van der Waals surface area contributed by atoms with Crippen LogP contribution >= 0.6 is 0 Å². The number of likely N-dealkylation sites (tertiary alicyclic amines) is 1. The Kier molecular flexibility index (Phi) is 4.30. The van der Waals surface area contributed by atoms with E-state index in [4.69, 9.17) is 4.98 Å². The van der Waals surface area contributed by atoms with E-state index in [2.05, 4.69) is 50.7 Å². The van der Waals surface area contributed by atoms with E-state index in [1.165, 1.54) is 0 Å². The summed E-state index contributed by atoms with van der Waals surface area (Å²) in [5.41, 5.74) is 0.325. The lowest BCUT2D eigenvalue weighted by atomic mass is 10.1. The number of anilines is 1. The van der Waals surface area contributed by atoms with Gasteiger partial charge in [-0.05, 0) is 17.9 Å². The average Bonchev–Trinajstić information content (AvgIpc) is 3.30. The molecule has 0 aliphatic carbocycles. The third kappa shape index (κ3) is 3.01. The minimum atomic E-state index is -0.333. The van der Waals surface area contributed by atoms with Gasteiger partial charge in [0, 0.05) is 38.1 Å². The Balaban J connectivity index is 1.75. The summed E-state index contributed by atoms with van der Waals surface area (Å²) in [5, 5.41) is 8.61. The van der Waals surface area contributed by atoms with Crippen LogP contribution in [0.5, 0.6) is 0 Å². The number of fused-ring (bicyclic) bond motifs is 1. The van der Waals surface area contributed by atoms with Crippen molar-refractivity contribution in [2.24, 2.45) is 0 Å². The maximum Gasteiger partial charge on any atom is 0.340 e. The highest BCUT2D eigenvalue weighted by atomic mass is 16.1. The molecule has 0 unspecified atom stereocenters. The van der Waals surface area contributed by atoms with Crippen LogP contribution in [0.25, 0.3) is 22.3 Å². The lowest BCUT2D eigenvalue weighted by molar-refractivity contribution is 0.370. The maximum absolute atomic E-state index is 11.4. The van der Waals surface area contributed by atoms with Crippen LogP contribution in [0.4, 0.5) is 5.82 Å². The molecule has 134 valence electrons. The smallest absolute Gasteiger partial charge is 0.340 e. The molecule has 1 aromatic carbocycles. The van der Waals surface area contributed by atoms with E-state index in [9.17, 15) is 4.79 Å². The van der Waals surface area contributed by atoms with Gasteiger partial charge in [-0.2, -0.15) is 5.10 Å². The van der Waals surface area contributed by atoms with Crippen molar-refractivity contribution in [2.75, 3.05) is 31.6 Å². The van der Waals surface area contributed by atoms with Crippen molar-refractivity contribution < 1.29 is 0 Å². The van der Waals surface area contributed by atoms with Crippen LogP contribution in [-0.4, -0.2) is 57.8 Å². The molecule has 0 radical (unpaired) electrons. The monoisotopic (exact) mass is 350 g/mol. The number of benzene rings is 1. The lowest BCUT2D eigenvalue weighted by Gasteiger charge is -2.27. The van der Waals surface area contributed by atoms with Crippen molar-refractivity contribution in [1.82, 2.24) is 25.1 Å². The number of likely N-dealkylation sites (N-methyl/N-ethyl adjacent to an activating group) is 1. The van der Waals surface area contributed by atoms with E-state index < -0.39 is 0 Å². The van der Waals surface area contributed by atoms with Gasteiger partial charge in [0.05, 0.1) is 0 Å². The molecule has 1 aliphatic rings. The van der Waals surface area contributed by atoms with Gasteiger partial charge < -0.3 is 4.90 Å². The number of H-pyrrole nitrogens is 2. The molecule has 3 aromatic rings. The van der Waals surface area contributed by atoms with Gasteiger partial charge in [-0.1, -0.05) is 30.3 Å². The van der Waals surface area contributed by atoms with Gasteiger partial charge in [-0.15, -0.1) is 6.58 Å². The van der Waals surface area contributed by atoms with Crippen LogP contribution in [-0.2, 0) is 0 Å². The third-order valence-electron chi connectivity index (χ3n) is 4.98. The highest BCUT2D eigenvalue weighted by molar-refractivity contribution is 5.94. The molecule has 2 N–H and O–H groups in total. The molecular formula is C19H22N6O. The first-order valence-electron chi connectivity index (χ1n) is 8.76. The van der Waals surface area contributed by atoms with Gasteiger partial charge in [-0.3, -0.25) is 9.88 Å². The fraction of sp³-hybridized carbons (Fsp3) is 0.316. The molecule has 26 heavy (non-hydrogen) atoms. The summed E-state index contributed by atoms with van der Waals surface area (Å²) in [7, 11) is 2.09. The van der Waals surface area contributed by atoms with Gasteiger partial charge in [-0.25, -0.2) is 14.9 Å². The fourth-order valence-electron chi connectivity index (χ4n) is 3.61. The zero-order valence-corrected chi connectivity index (χ0v) is 14.8. The van der Waals surface area contributed by atoms with E-state index in [1.807, 2.05) is 24.3 Å². The second-order valence-electron chi connectivity index (χ2n) is 6.68. The topological polar surface area (TPSA) is 80.9 Å². The second-order valence-corrected chi connectivity index (χ2v) is 6.68. The number of hydrogen-bond acceptors (Lipinski definition) is 5. The van der Waals surface area contributed by atoms with Gasteiger partial charge >= 0.3 is 5.69 Å². The van der Waals surface area contributed by atoms with Crippen LogP contribution in [0.1, 0.15) is 6.42 Å². The number of nitrogens with zero attached hydrogens (tertiary/aromatic N) is 4. The number of rotatable bonds is 5. The molecule has 1 saturated heterocycles. The first-order valence-corrected chi connectivity index (χ1v) is 8.76. The molecule has 4 rings (SSSR count). The lowest BCUT2D eigenvalue weighted by Crippen LogP contribution is -2.35. The first-order chi connectivity index (χ1) is 12.7. The standard InChI is InChI=1S/C19H22N6O/c1-3-9-25-10-8-14(12-25)24(2)18-15-7-5-4-6-13(15)11-16(20-18)17-21-19(26)23-22-17/h3-7,11,14H,1,8-10,12H2,2H3,(H2,21,22,23,26)/t14-/m0/s1. The highest BCUT2D eigenvalue weighted by Gasteiger charge is 2.27. The van der Waals surface area contributed by atoms with Gasteiger partial charge in [0.2, 0.25) is 0 Å². The molecule has 1 aliphatic heterocycles. The van der Waals surface area contributed by atoms with Crippen molar-refractivity contribution in [1.29, 1.82) is 0 Å². The van der Waals surface area contributed by atoms with Crippen molar-refractivity contribution in [2.45, 2.75) is 12.5 Å². The Morgan fingerprint density at radius 3 is 3.04 bits per heavy atom. The minimum absolute atomic E-state index is 0.333. The molecule has 7 heteroatoms. The molecule has 2 aromatic heterocycles. The SMILES string of the molecule is C=CCN1CC[C@H](N(C)c2nc(-c3n[nH]c(=O)[nH]3)cc3ccccc23)C1. The second kappa shape index (κ2) is 6.76. The van der Waals surface area contributed by atoms with Crippen LogP contribution in [0.15, 0.2) is 47.8 Å². The van der Waals surface area contributed by atoms with Crippen molar-refractivity contribution >= 4 is 16.6 Å². The third-order valence-corrected chi connectivity index (χ3v) is 4.98. The Hall–Kier alpha value is -2.93. The molecule has 0 amide bonds. The number of aromatic amines is 2. The molecule has 1 atom stereocenters. The summed E-state index contributed by atoms with van der Waals surface area (Å²) in [6.45, 7) is 6.79. The molecule has 0 bridgehead atoms. The quantitative estimate of drug-likeness (QED) is 0.688. The van der Waals surface area contributed by atoms with E-state index in [-0.39, 0.29) is 5.69 Å². The zero-order valence-electron chi connectivity index (χ0n) is 14.8. The fourth-order valence-corrected chi connectivity index (χ4v) is 3.61. The van der Waals surface area contributed by atoms with Crippen LogP contribution in [0.3, 0.4) is 0 Å². The number of aromatic nitrogens is 4. The number of pyridine rings is 1. The maximum atomic E-state index is 11.4. The molecule has 7 nitrogen and oxygen atoms in total. The van der Waals surface area contributed by atoms with Gasteiger partial charge in [0.1, 0.15) is 11.5 Å². The van der Waals surface area contributed by atoms with Crippen LogP contribution in [0.2, 0.25) is 0 Å². The Morgan fingerprint density at radius 1 is 1.42 bits per heavy atom. The summed E-state index contributed by atoms with van der Waals surface area (Å²) >= 11 is 0. The van der Waals surface area contributed by atoms with E-state index in [0.717, 1.165) is 42.6 Å². The molecule has 0 saturated carbocycles. The van der Waals surface area contributed by atoms with E-state index >= 15 is 0 Å². The summed E-state index contributed by atoms with van der Waals surface area (Å²) in [6, 6.07) is 10.5. The number of nitrogens with one attached hydrogen (secondary N) is 2. The van der Waals surface area contributed by atoms with Gasteiger partial charge in [0.15, 0.2) is 5.82 Å². The van der Waals surface area contributed by atoms with Crippen molar-refractivity contribution in [3.8, 4) is 11.5 Å². The summed E-state index contributed by atoms with van der Waals surface area (Å²) in [6.07, 6.45) is 3.04. The predicted octanol–water partition coefficient (Wildman–Crippen LogP) is 2.01. The Labute approximate surface area is 151 Å². The summed E-state index contributed by atoms with van der Waals surface area (Å²) < 4.78 is 0. The molecule has 1 fully saturated rings. The number of hydrogen-bond donors (Lipinski definition) is 2. The Bertz CT molecular complexity index is 991. The summed E-state index contributed by atoms with van der Waals surface area (Å²) in [5.74, 6) is 1.36. The zero-order chi connectivity index (χ0) is 18.1. The van der Waals surface area contributed by atoms with E-state index in [0.29, 0.717) is 17.6 Å². The molecule has 3 heterocycles. The summed E-state index contributed by atoms with van der Waals surface area (Å²) in [4.78, 5) is 23.6. The molecule has 0 spiro atoms. The molecular weight excluding hydrogens is 328 g/mol. The predicted molar refractivity (Wildman–Crippen MR) is 103 cm³/mol. The minimum Gasteiger partial charge on any atom is -0.355 e. The average molecular weight is 350 g/mol. The van der Waals surface area contributed by atoms with E-state index in [1.54, 1.807) is 0 Å². The van der Waals surface area contributed by atoms with Crippen molar-refractivity contribution in [3.05, 3.63) is 53.5 Å². The normalized spacial score (nSPS) is 17.7. The van der Waals surface area contributed by atoms with Gasteiger partial charge in [0.25, 0.3) is 0 Å². The van der Waals surface area contributed by atoms with Crippen LogP contribution in [0, 0.1) is 0 Å². The highest BCUT2D eigenvalue weighted by Crippen LogP contribution is 2.30. The van der Waals surface area contributed by atoms with Crippen LogP contribution < -0.4 is 10.6 Å². The largest absolute Gasteiger partial charge is 0.355 e. The van der Waals surface area contributed by atoms with Crippen molar-refractivity contribution in [3.63, 3.8) is 0 Å².